The summed E-state index contributed by atoms with van der Waals surface area (Å²) in [5, 5.41) is 11.3. The molecule has 0 saturated heterocycles. The fraction of sp³-hybridized carbons (Fsp3) is 0.333. The number of aryl methyl sites for hydroxylation is 1. The van der Waals surface area contributed by atoms with Gasteiger partial charge in [0.05, 0.1) is 13.5 Å². The zero-order chi connectivity index (χ0) is 20.4. The Labute approximate surface area is 164 Å². The minimum Gasteiger partial charge on any atom is -0.493 e. The number of ether oxygens (including phenoxy) is 3. The molecule has 2 rings (SSSR count). The fourth-order valence-electron chi connectivity index (χ4n) is 2.47. The molecule has 28 heavy (non-hydrogen) atoms. The van der Waals surface area contributed by atoms with Crippen molar-refractivity contribution < 1.29 is 28.9 Å². The van der Waals surface area contributed by atoms with E-state index in [1.54, 1.807) is 19.2 Å². The Hall–Kier alpha value is -3.22. The van der Waals surface area contributed by atoms with Gasteiger partial charge in [0, 0.05) is 13.0 Å². The van der Waals surface area contributed by atoms with Crippen LogP contribution in [0.2, 0.25) is 0 Å². The van der Waals surface area contributed by atoms with E-state index in [-0.39, 0.29) is 25.3 Å². The highest BCUT2D eigenvalue weighted by Crippen LogP contribution is 2.28. The molecule has 0 aliphatic heterocycles. The molecule has 0 aliphatic carbocycles. The number of methoxy groups -OCH3 is 1. The Morgan fingerprint density at radius 3 is 2.36 bits per heavy atom. The van der Waals surface area contributed by atoms with Gasteiger partial charge in [0.1, 0.15) is 19.0 Å². The van der Waals surface area contributed by atoms with E-state index in [1.807, 2.05) is 37.3 Å². The Balaban J connectivity index is 1.82. The third-order valence-electron chi connectivity index (χ3n) is 3.98. The summed E-state index contributed by atoms with van der Waals surface area (Å²) in [7, 11) is 1.54. The van der Waals surface area contributed by atoms with Crippen LogP contribution in [0, 0.1) is 6.92 Å². The lowest BCUT2D eigenvalue weighted by Gasteiger charge is -2.14. The maximum atomic E-state index is 11.6. The van der Waals surface area contributed by atoms with Gasteiger partial charge in [-0.25, -0.2) is 0 Å². The maximum Gasteiger partial charge on any atom is 0.303 e. The van der Waals surface area contributed by atoms with Crippen LogP contribution in [0.5, 0.6) is 17.2 Å². The first-order valence-electron chi connectivity index (χ1n) is 8.96. The zero-order valence-corrected chi connectivity index (χ0v) is 16.1. The summed E-state index contributed by atoms with van der Waals surface area (Å²) in [5.74, 6) is 0.650. The van der Waals surface area contributed by atoms with Gasteiger partial charge in [-0.3, -0.25) is 9.59 Å². The van der Waals surface area contributed by atoms with Crippen molar-refractivity contribution in [3.05, 3.63) is 53.6 Å². The molecule has 0 unspecified atom stereocenters. The number of carboxylic acid groups (broad SMARTS) is 1. The molecule has 150 valence electrons. The lowest BCUT2D eigenvalue weighted by molar-refractivity contribution is -0.138. The first kappa shape index (κ1) is 21.1. The number of hydrogen-bond acceptors (Lipinski definition) is 5. The smallest absolute Gasteiger partial charge is 0.303 e. The predicted octanol–water partition coefficient (Wildman–Crippen LogP) is 2.94. The number of amides is 1. The van der Waals surface area contributed by atoms with Crippen molar-refractivity contribution in [2.75, 3.05) is 20.3 Å². The van der Waals surface area contributed by atoms with Gasteiger partial charge in [0.2, 0.25) is 5.91 Å². The molecular formula is C21H25NO6. The van der Waals surface area contributed by atoms with Gasteiger partial charge >= 0.3 is 5.97 Å². The summed E-state index contributed by atoms with van der Waals surface area (Å²) < 4.78 is 16.8. The zero-order valence-electron chi connectivity index (χ0n) is 16.1. The van der Waals surface area contributed by atoms with E-state index in [9.17, 15) is 9.59 Å². The average molecular weight is 387 g/mol. The second-order valence-corrected chi connectivity index (χ2v) is 6.12. The fourth-order valence-corrected chi connectivity index (χ4v) is 2.47. The van der Waals surface area contributed by atoms with E-state index in [0.717, 1.165) is 16.9 Å². The molecule has 0 saturated carbocycles. The van der Waals surface area contributed by atoms with Gasteiger partial charge in [0.25, 0.3) is 0 Å². The van der Waals surface area contributed by atoms with Crippen LogP contribution in [0.25, 0.3) is 0 Å². The quantitative estimate of drug-likeness (QED) is 0.576. The summed E-state index contributed by atoms with van der Waals surface area (Å²) in [4.78, 5) is 22.1. The van der Waals surface area contributed by atoms with E-state index in [1.165, 1.54) is 0 Å². The van der Waals surface area contributed by atoms with Crippen molar-refractivity contribution in [2.45, 2.75) is 26.3 Å². The summed E-state index contributed by atoms with van der Waals surface area (Å²) in [6, 6.07) is 13.1. The number of aliphatic carboxylic acids is 1. The van der Waals surface area contributed by atoms with Crippen LogP contribution in [0.3, 0.4) is 0 Å². The number of hydrogen-bond donors (Lipinski definition) is 2. The van der Waals surface area contributed by atoms with Crippen LogP contribution in [0.1, 0.15) is 24.0 Å². The van der Waals surface area contributed by atoms with Gasteiger partial charge in [-0.05, 0) is 36.2 Å². The van der Waals surface area contributed by atoms with Crippen molar-refractivity contribution in [3.8, 4) is 17.2 Å². The predicted molar refractivity (Wildman–Crippen MR) is 104 cm³/mol. The normalized spacial score (nSPS) is 10.2. The molecule has 2 N–H and O–H groups in total. The van der Waals surface area contributed by atoms with Gasteiger partial charge in [-0.15, -0.1) is 0 Å². The van der Waals surface area contributed by atoms with Gasteiger partial charge < -0.3 is 24.6 Å². The monoisotopic (exact) mass is 387 g/mol. The molecular weight excluding hydrogens is 362 g/mol. The van der Waals surface area contributed by atoms with Crippen molar-refractivity contribution in [1.29, 1.82) is 0 Å². The maximum absolute atomic E-state index is 11.6. The SMILES string of the molecule is COc1cc(CNC(=O)CCC(=O)O)ccc1OCCOc1ccccc1C. The van der Waals surface area contributed by atoms with Crippen molar-refractivity contribution in [2.24, 2.45) is 0 Å². The summed E-state index contributed by atoms with van der Waals surface area (Å²) in [6.07, 6.45) is -0.235. The second kappa shape index (κ2) is 10.8. The topological polar surface area (TPSA) is 94.1 Å². The number of para-hydroxylation sites is 1. The molecule has 0 spiro atoms. The van der Waals surface area contributed by atoms with E-state index >= 15 is 0 Å². The first-order chi connectivity index (χ1) is 13.5. The second-order valence-electron chi connectivity index (χ2n) is 6.12. The molecule has 0 heterocycles. The molecule has 0 radical (unpaired) electrons. The molecule has 0 aromatic heterocycles. The molecule has 0 atom stereocenters. The lowest BCUT2D eigenvalue weighted by atomic mass is 10.2. The highest BCUT2D eigenvalue weighted by Gasteiger charge is 2.09. The van der Waals surface area contributed by atoms with Gasteiger partial charge in [-0.2, -0.15) is 0 Å². The molecule has 2 aromatic rings. The lowest BCUT2D eigenvalue weighted by Crippen LogP contribution is -2.23. The van der Waals surface area contributed by atoms with E-state index in [2.05, 4.69) is 5.32 Å². The van der Waals surface area contributed by atoms with Gasteiger partial charge in [-0.1, -0.05) is 24.3 Å². The van der Waals surface area contributed by atoms with Crippen LogP contribution >= 0.6 is 0 Å². The Kier molecular flexibility index (Phi) is 8.14. The molecule has 7 nitrogen and oxygen atoms in total. The first-order valence-corrected chi connectivity index (χ1v) is 8.96. The molecule has 7 heteroatoms. The van der Waals surface area contributed by atoms with Crippen LogP contribution in [-0.2, 0) is 16.1 Å². The van der Waals surface area contributed by atoms with Crippen molar-refractivity contribution in [1.82, 2.24) is 5.32 Å². The number of benzene rings is 2. The van der Waals surface area contributed by atoms with Crippen LogP contribution < -0.4 is 19.5 Å². The largest absolute Gasteiger partial charge is 0.493 e. The van der Waals surface area contributed by atoms with Crippen molar-refractivity contribution >= 4 is 11.9 Å². The number of carbonyl (C=O) groups is 2. The van der Waals surface area contributed by atoms with E-state index < -0.39 is 5.97 Å². The highest BCUT2D eigenvalue weighted by molar-refractivity contribution is 5.80. The van der Waals surface area contributed by atoms with Crippen LogP contribution in [0.4, 0.5) is 0 Å². The van der Waals surface area contributed by atoms with Crippen molar-refractivity contribution in [3.63, 3.8) is 0 Å². The summed E-state index contributed by atoms with van der Waals surface area (Å²) in [5.41, 5.74) is 1.89. The minimum absolute atomic E-state index is 0.0471. The Bertz CT molecular complexity index is 805. The number of nitrogens with one attached hydrogen (secondary N) is 1. The molecule has 0 fully saturated rings. The summed E-state index contributed by atoms with van der Waals surface area (Å²) >= 11 is 0. The number of rotatable bonds is 11. The number of carboxylic acids is 1. The molecule has 2 aromatic carbocycles. The highest BCUT2D eigenvalue weighted by atomic mass is 16.5. The molecule has 1 amide bonds. The van der Waals surface area contributed by atoms with Gasteiger partial charge in [0.15, 0.2) is 11.5 Å². The Morgan fingerprint density at radius 2 is 1.68 bits per heavy atom. The summed E-state index contributed by atoms with van der Waals surface area (Å²) in [6.45, 7) is 3.02. The van der Waals surface area contributed by atoms with E-state index in [0.29, 0.717) is 24.7 Å². The third kappa shape index (κ3) is 6.83. The molecule has 0 bridgehead atoms. The Morgan fingerprint density at radius 1 is 0.964 bits per heavy atom. The average Bonchev–Trinajstić information content (AvgIpc) is 2.69. The van der Waals surface area contributed by atoms with Crippen LogP contribution in [0.15, 0.2) is 42.5 Å². The van der Waals surface area contributed by atoms with Crippen LogP contribution in [-0.4, -0.2) is 37.3 Å². The minimum atomic E-state index is -0.996. The molecule has 0 aliphatic rings. The third-order valence-corrected chi connectivity index (χ3v) is 3.98. The standard InChI is InChI=1S/C21H25NO6/c1-15-5-3-4-6-17(15)27-11-12-28-18-8-7-16(13-19(18)26-2)14-22-20(23)9-10-21(24)25/h3-8,13H,9-12,14H2,1-2H3,(H,22,23)(H,24,25). The number of carbonyl (C=O) groups excluding carboxylic acids is 1. The van der Waals surface area contributed by atoms with E-state index in [4.69, 9.17) is 19.3 Å².